The number of benzene rings is 3. The van der Waals surface area contributed by atoms with Gasteiger partial charge >= 0.3 is 5.97 Å². The van der Waals surface area contributed by atoms with E-state index in [9.17, 15) is 14.4 Å². The van der Waals surface area contributed by atoms with Crippen LogP contribution in [0.4, 0.5) is 0 Å². The summed E-state index contributed by atoms with van der Waals surface area (Å²) in [4.78, 5) is 41.9. The normalized spacial score (nSPS) is 13.8. The molecule has 0 bridgehead atoms. The summed E-state index contributed by atoms with van der Waals surface area (Å²) >= 11 is 0. The maximum Gasteiger partial charge on any atom is 0.373 e. The lowest BCUT2D eigenvalue weighted by Crippen LogP contribution is -2.37. The molecule has 3 aromatic carbocycles. The summed E-state index contributed by atoms with van der Waals surface area (Å²) < 4.78 is 5.60. The summed E-state index contributed by atoms with van der Waals surface area (Å²) in [5, 5.41) is 0.478. The van der Waals surface area contributed by atoms with Gasteiger partial charge in [0.1, 0.15) is 5.75 Å². The number of imide groups is 1. The van der Waals surface area contributed by atoms with Gasteiger partial charge in [-0.3, -0.25) is 9.59 Å². The van der Waals surface area contributed by atoms with Crippen LogP contribution in [0.25, 0.3) is 11.1 Å². The zero-order chi connectivity index (χ0) is 20.4. The zero-order valence-electron chi connectivity index (χ0n) is 15.6. The van der Waals surface area contributed by atoms with Crippen LogP contribution in [0, 0.1) is 0 Å². The van der Waals surface area contributed by atoms with Gasteiger partial charge in [-0.05, 0) is 42.3 Å². The summed E-state index contributed by atoms with van der Waals surface area (Å²) in [6.07, 6.45) is -1.01. The highest BCUT2D eigenvalue weighted by molar-refractivity contribution is 6.20. The Kier molecular flexibility index (Phi) is 4.83. The van der Waals surface area contributed by atoms with Gasteiger partial charge in [0.15, 0.2) is 6.10 Å². The van der Waals surface area contributed by atoms with Gasteiger partial charge in [0.05, 0.1) is 11.1 Å². The third kappa shape index (κ3) is 3.60. The van der Waals surface area contributed by atoms with E-state index in [2.05, 4.69) is 0 Å². The molecule has 3 aromatic rings. The summed E-state index contributed by atoms with van der Waals surface area (Å²) in [5.74, 6) is -1.71. The Morgan fingerprint density at radius 3 is 1.86 bits per heavy atom. The van der Waals surface area contributed by atoms with Gasteiger partial charge in [-0.25, -0.2) is 4.79 Å². The van der Waals surface area contributed by atoms with Gasteiger partial charge in [0.25, 0.3) is 11.8 Å². The molecule has 6 heteroatoms. The molecule has 0 aliphatic carbocycles. The molecule has 0 N–H and O–H groups in total. The van der Waals surface area contributed by atoms with Crippen LogP contribution >= 0.6 is 0 Å². The third-order valence-corrected chi connectivity index (χ3v) is 4.54. The average Bonchev–Trinajstić information content (AvgIpc) is 3.00. The molecular weight excluding hydrogens is 370 g/mol. The highest BCUT2D eigenvalue weighted by Crippen LogP contribution is 2.25. The second-order valence-corrected chi connectivity index (χ2v) is 6.51. The molecule has 29 heavy (non-hydrogen) atoms. The van der Waals surface area contributed by atoms with E-state index in [-0.39, 0.29) is 11.1 Å². The van der Waals surface area contributed by atoms with E-state index in [1.54, 1.807) is 24.3 Å². The highest BCUT2D eigenvalue weighted by atomic mass is 16.7. The zero-order valence-corrected chi connectivity index (χ0v) is 15.6. The van der Waals surface area contributed by atoms with Crippen molar-refractivity contribution in [3.63, 3.8) is 0 Å². The molecule has 1 aliphatic heterocycles. The van der Waals surface area contributed by atoms with Crippen LogP contribution in [0.1, 0.15) is 27.6 Å². The van der Waals surface area contributed by atoms with E-state index in [1.165, 1.54) is 19.1 Å². The van der Waals surface area contributed by atoms with Gasteiger partial charge in [-0.15, -0.1) is 0 Å². The summed E-state index contributed by atoms with van der Waals surface area (Å²) in [6, 6.07) is 23.4. The van der Waals surface area contributed by atoms with Crippen LogP contribution < -0.4 is 4.74 Å². The van der Waals surface area contributed by atoms with E-state index in [0.29, 0.717) is 10.8 Å². The first-order valence-corrected chi connectivity index (χ1v) is 9.06. The Bertz CT molecular complexity index is 1040. The molecule has 1 aliphatic rings. The minimum Gasteiger partial charge on any atom is -0.479 e. The van der Waals surface area contributed by atoms with Crippen LogP contribution in [0.2, 0.25) is 0 Å². The number of hydrogen-bond donors (Lipinski definition) is 0. The second-order valence-electron chi connectivity index (χ2n) is 6.51. The fourth-order valence-electron chi connectivity index (χ4n) is 3.02. The first-order valence-electron chi connectivity index (χ1n) is 9.06. The molecule has 0 spiro atoms. The lowest BCUT2D eigenvalue weighted by molar-refractivity contribution is -0.176. The van der Waals surface area contributed by atoms with Crippen molar-refractivity contribution < 1.29 is 24.0 Å². The molecule has 0 radical (unpaired) electrons. The molecule has 144 valence electrons. The van der Waals surface area contributed by atoms with Crippen molar-refractivity contribution in [2.24, 2.45) is 0 Å². The Labute approximate surface area is 167 Å². The predicted octanol–water partition coefficient (Wildman–Crippen LogP) is 3.88. The summed E-state index contributed by atoms with van der Waals surface area (Å²) in [5.41, 5.74) is 2.49. The average molecular weight is 387 g/mol. The topological polar surface area (TPSA) is 72.9 Å². The van der Waals surface area contributed by atoms with E-state index >= 15 is 0 Å². The lowest BCUT2D eigenvalue weighted by Gasteiger charge is -2.17. The number of nitrogens with zero attached hydrogens (tertiary/aromatic N) is 1. The molecule has 1 heterocycles. The molecule has 4 rings (SSSR count). The van der Waals surface area contributed by atoms with Crippen molar-refractivity contribution >= 4 is 17.8 Å². The lowest BCUT2D eigenvalue weighted by atomic mass is 10.1. The fourth-order valence-corrected chi connectivity index (χ4v) is 3.02. The fraction of sp³-hybridized carbons (Fsp3) is 0.0870. The van der Waals surface area contributed by atoms with Crippen LogP contribution in [-0.2, 0) is 9.63 Å². The second kappa shape index (κ2) is 7.59. The van der Waals surface area contributed by atoms with E-state index in [1.807, 2.05) is 42.5 Å². The standard InChI is InChI=1S/C23H17NO5/c1-15(28-18-13-11-17(12-14-18)16-7-3-2-4-8-16)23(27)29-24-21(25)19-9-5-6-10-20(19)22(24)26/h2-15H,1H3. The molecule has 6 nitrogen and oxygen atoms in total. The summed E-state index contributed by atoms with van der Waals surface area (Å²) in [6.45, 7) is 1.49. The molecule has 0 saturated carbocycles. The highest BCUT2D eigenvalue weighted by Gasteiger charge is 2.39. The maximum absolute atomic E-state index is 12.3. The summed E-state index contributed by atoms with van der Waals surface area (Å²) in [7, 11) is 0. The van der Waals surface area contributed by atoms with Gasteiger partial charge in [0, 0.05) is 0 Å². The van der Waals surface area contributed by atoms with Crippen LogP contribution in [0.5, 0.6) is 5.75 Å². The van der Waals surface area contributed by atoms with E-state index < -0.39 is 23.9 Å². The number of rotatable bonds is 5. The van der Waals surface area contributed by atoms with Gasteiger partial charge in [-0.2, -0.15) is 0 Å². The first-order chi connectivity index (χ1) is 14.0. The quantitative estimate of drug-likeness (QED) is 0.622. The molecule has 0 fully saturated rings. The van der Waals surface area contributed by atoms with Crippen molar-refractivity contribution in [3.8, 4) is 16.9 Å². The molecule has 0 aromatic heterocycles. The largest absolute Gasteiger partial charge is 0.479 e. The van der Waals surface area contributed by atoms with Crippen molar-refractivity contribution in [3.05, 3.63) is 90.0 Å². The van der Waals surface area contributed by atoms with Gasteiger partial charge < -0.3 is 9.57 Å². The number of ether oxygens (including phenoxy) is 1. The smallest absolute Gasteiger partial charge is 0.373 e. The van der Waals surface area contributed by atoms with Crippen LogP contribution in [-0.4, -0.2) is 29.0 Å². The molecule has 0 saturated heterocycles. The van der Waals surface area contributed by atoms with Crippen LogP contribution in [0.3, 0.4) is 0 Å². The first kappa shape index (κ1) is 18.4. The third-order valence-electron chi connectivity index (χ3n) is 4.54. The molecule has 1 atom stereocenters. The van der Waals surface area contributed by atoms with Crippen molar-refractivity contribution in [2.75, 3.05) is 0 Å². The molecule has 1 unspecified atom stereocenters. The van der Waals surface area contributed by atoms with E-state index in [4.69, 9.17) is 9.57 Å². The monoisotopic (exact) mass is 387 g/mol. The number of amides is 2. The van der Waals surface area contributed by atoms with Crippen LogP contribution in [0.15, 0.2) is 78.9 Å². The number of hydrogen-bond acceptors (Lipinski definition) is 5. The Morgan fingerprint density at radius 1 is 0.759 bits per heavy atom. The molecule has 2 amide bonds. The van der Waals surface area contributed by atoms with Crippen molar-refractivity contribution in [1.29, 1.82) is 0 Å². The van der Waals surface area contributed by atoms with Crippen molar-refractivity contribution in [1.82, 2.24) is 5.06 Å². The Morgan fingerprint density at radius 2 is 1.28 bits per heavy atom. The number of carbonyl (C=O) groups excluding carboxylic acids is 3. The van der Waals surface area contributed by atoms with Gasteiger partial charge in [-0.1, -0.05) is 59.7 Å². The van der Waals surface area contributed by atoms with Crippen molar-refractivity contribution in [2.45, 2.75) is 13.0 Å². The predicted molar refractivity (Wildman–Crippen MR) is 105 cm³/mol. The van der Waals surface area contributed by atoms with E-state index in [0.717, 1.165) is 11.1 Å². The Hall–Kier alpha value is -3.93. The molecular formula is C23H17NO5. The minimum absolute atomic E-state index is 0.204. The Balaban J connectivity index is 1.40. The maximum atomic E-state index is 12.3. The number of fused-ring (bicyclic) bond motifs is 1. The minimum atomic E-state index is -1.01. The van der Waals surface area contributed by atoms with Gasteiger partial charge in [0.2, 0.25) is 0 Å². The number of hydroxylamine groups is 2. The number of carbonyl (C=O) groups is 3. The SMILES string of the molecule is CC(Oc1ccc(-c2ccccc2)cc1)C(=O)ON1C(=O)c2ccccc2C1=O.